The van der Waals surface area contributed by atoms with Crippen molar-refractivity contribution in [2.24, 2.45) is 10.3 Å². The van der Waals surface area contributed by atoms with Crippen LogP contribution < -0.4 is 15.0 Å². The van der Waals surface area contributed by atoms with Crippen LogP contribution in [-0.2, 0) is 14.4 Å². The molecular weight excluding hydrogens is 436 g/mol. The van der Waals surface area contributed by atoms with E-state index < -0.39 is 48.0 Å². The van der Waals surface area contributed by atoms with Crippen molar-refractivity contribution in [1.29, 1.82) is 0 Å². The summed E-state index contributed by atoms with van der Waals surface area (Å²) in [7, 11) is 1.43. The van der Waals surface area contributed by atoms with E-state index in [-0.39, 0.29) is 16.4 Å². The number of fused-ring (bicyclic) bond motifs is 1. The van der Waals surface area contributed by atoms with Gasteiger partial charge in [0.05, 0.1) is 23.5 Å². The summed E-state index contributed by atoms with van der Waals surface area (Å²) in [5, 5.41) is 11.1. The highest BCUT2D eigenvalue weighted by atomic mass is 35.5. The monoisotopic (exact) mass is 449 g/mol. The van der Waals surface area contributed by atoms with Gasteiger partial charge in [0.15, 0.2) is 12.1 Å². The second-order valence-electron chi connectivity index (χ2n) is 6.70. The van der Waals surface area contributed by atoms with Crippen LogP contribution in [0.3, 0.4) is 0 Å². The molecule has 12 heteroatoms. The number of halogens is 3. The molecule has 0 radical (unpaired) electrons. The van der Waals surface area contributed by atoms with Gasteiger partial charge >= 0.3 is 0 Å². The third-order valence-electron chi connectivity index (χ3n) is 4.76. The van der Waals surface area contributed by atoms with Crippen LogP contribution >= 0.6 is 11.6 Å². The van der Waals surface area contributed by atoms with E-state index in [1.54, 1.807) is 0 Å². The summed E-state index contributed by atoms with van der Waals surface area (Å²) in [6.07, 6.45) is 0. The molecule has 0 unspecified atom stereocenters. The molecule has 0 aliphatic carbocycles. The number of carbonyl (C=O) groups excluding carboxylic acids is 3. The third-order valence-corrected chi connectivity index (χ3v) is 5.06. The molecule has 2 aromatic carbocycles. The minimum absolute atomic E-state index is 0.205. The zero-order chi connectivity index (χ0) is 22.3. The SMILES string of the molecule is COc1ccc(N2C(=O)[C@@H]3[C@@H](N=NN3CC(=O)Nc3ccc(F)cc3F)C2=O)cc1Cl. The van der Waals surface area contributed by atoms with Crippen molar-refractivity contribution in [2.45, 2.75) is 12.1 Å². The highest BCUT2D eigenvalue weighted by molar-refractivity contribution is 6.33. The molecule has 2 aromatic rings. The molecule has 2 atom stereocenters. The van der Waals surface area contributed by atoms with Crippen molar-refractivity contribution in [1.82, 2.24) is 5.01 Å². The maximum absolute atomic E-state index is 13.7. The number of carbonyl (C=O) groups is 3. The Kier molecular flexibility index (Phi) is 5.27. The number of nitrogens with zero attached hydrogens (tertiary/aromatic N) is 4. The number of rotatable bonds is 5. The molecule has 1 saturated heterocycles. The van der Waals surface area contributed by atoms with E-state index in [1.807, 2.05) is 0 Å². The summed E-state index contributed by atoms with van der Waals surface area (Å²) >= 11 is 6.09. The zero-order valence-electron chi connectivity index (χ0n) is 15.9. The van der Waals surface area contributed by atoms with E-state index >= 15 is 0 Å². The standard InChI is InChI=1S/C19H14ClF2N5O4/c1-31-14-5-3-10(7-11(14)20)27-18(29)16-17(19(27)30)26(25-24-16)8-15(28)23-13-4-2-9(21)6-12(13)22/h2-7,16-17H,8H2,1H3,(H,23,28)/t16-,17+/m1/s1. The van der Waals surface area contributed by atoms with Crippen LogP contribution in [0.2, 0.25) is 5.02 Å². The van der Waals surface area contributed by atoms with Crippen LogP contribution in [0.5, 0.6) is 5.75 Å². The molecule has 0 bridgehead atoms. The van der Waals surface area contributed by atoms with Crippen LogP contribution in [0.4, 0.5) is 20.2 Å². The number of methoxy groups -OCH3 is 1. The molecule has 1 fully saturated rings. The van der Waals surface area contributed by atoms with Crippen molar-refractivity contribution >= 4 is 40.7 Å². The molecule has 9 nitrogen and oxygen atoms in total. The first-order valence-electron chi connectivity index (χ1n) is 8.94. The lowest BCUT2D eigenvalue weighted by Crippen LogP contribution is -2.43. The molecule has 4 rings (SSSR count). The summed E-state index contributed by atoms with van der Waals surface area (Å²) in [5.74, 6) is -3.36. The molecule has 1 N–H and O–H groups in total. The van der Waals surface area contributed by atoms with Gasteiger partial charge in [0.2, 0.25) is 5.91 Å². The van der Waals surface area contributed by atoms with Gasteiger partial charge in [0, 0.05) is 6.07 Å². The van der Waals surface area contributed by atoms with Gasteiger partial charge < -0.3 is 10.1 Å². The molecule has 0 saturated carbocycles. The Morgan fingerprint density at radius 2 is 1.97 bits per heavy atom. The van der Waals surface area contributed by atoms with Crippen LogP contribution in [0.1, 0.15) is 0 Å². The number of imide groups is 1. The van der Waals surface area contributed by atoms with E-state index in [4.69, 9.17) is 16.3 Å². The summed E-state index contributed by atoms with van der Waals surface area (Å²) < 4.78 is 31.8. The highest BCUT2D eigenvalue weighted by Crippen LogP contribution is 2.35. The predicted molar refractivity (Wildman–Crippen MR) is 105 cm³/mol. The lowest BCUT2D eigenvalue weighted by atomic mass is 10.1. The van der Waals surface area contributed by atoms with Crippen molar-refractivity contribution in [2.75, 3.05) is 23.9 Å². The second kappa shape index (κ2) is 7.91. The summed E-state index contributed by atoms with van der Waals surface area (Å²) in [5.41, 5.74) is -0.00871. The molecule has 0 spiro atoms. The first-order chi connectivity index (χ1) is 14.8. The quantitative estimate of drug-likeness (QED) is 0.706. The first kappa shape index (κ1) is 20.7. The Labute approximate surface area is 179 Å². The number of nitrogens with one attached hydrogen (secondary N) is 1. The van der Waals surface area contributed by atoms with E-state index in [0.29, 0.717) is 11.8 Å². The average molecular weight is 450 g/mol. The minimum Gasteiger partial charge on any atom is -0.495 e. The Bertz CT molecular complexity index is 1130. The predicted octanol–water partition coefficient (Wildman–Crippen LogP) is 2.56. The van der Waals surface area contributed by atoms with Gasteiger partial charge in [-0.1, -0.05) is 16.8 Å². The van der Waals surface area contributed by atoms with Gasteiger partial charge in [-0.3, -0.25) is 19.4 Å². The Morgan fingerprint density at radius 3 is 2.65 bits per heavy atom. The summed E-state index contributed by atoms with van der Waals surface area (Å²) in [6, 6.07) is 4.84. The average Bonchev–Trinajstić information content (AvgIpc) is 3.24. The molecule has 2 aliphatic rings. The second-order valence-corrected chi connectivity index (χ2v) is 7.10. The van der Waals surface area contributed by atoms with Gasteiger partial charge in [-0.2, -0.15) is 5.11 Å². The van der Waals surface area contributed by atoms with Crippen molar-refractivity contribution in [3.8, 4) is 5.75 Å². The van der Waals surface area contributed by atoms with E-state index in [1.165, 1.54) is 25.3 Å². The summed E-state index contributed by atoms with van der Waals surface area (Å²) in [4.78, 5) is 38.9. The number of ether oxygens (including phenoxy) is 1. The van der Waals surface area contributed by atoms with Crippen molar-refractivity contribution in [3.63, 3.8) is 0 Å². The maximum Gasteiger partial charge on any atom is 0.263 e. The number of benzene rings is 2. The third kappa shape index (κ3) is 3.67. The van der Waals surface area contributed by atoms with E-state index in [2.05, 4.69) is 15.7 Å². The lowest BCUT2D eigenvalue weighted by Gasteiger charge is -2.20. The summed E-state index contributed by atoms with van der Waals surface area (Å²) in [6.45, 7) is -0.474. The molecule has 31 heavy (non-hydrogen) atoms. The zero-order valence-corrected chi connectivity index (χ0v) is 16.6. The number of amides is 3. The highest BCUT2D eigenvalue weighted by Gasteiger charge is 2.55. The van der Waals surface area contributed by atoms with Crippen LogP contribution in [-0.4, -0.2) is 48.5 Å². The van der Waals surface area contributed by atoms with E-state index in [0.717, 1.165) is 22.0 Å². The Balaban J connectivity index is 1.50. The van der Waals surface area contributed by atoms with Crippen LogP contribution in [0, 0.1) is 11.6 Å². The molecule has 0 aromatic heterocycles. The van der Waals surface area contributed by atoms with Gasteiger partial charge in [0.25, 0.3) is 11.8 Å². The molecule has 3 amide bonds. The van der Waals surface area contributed by atoms with Gasteiger partial charge in [-0.15, -0.1) is 0 Å². The fraction of sp³-hybridized carbons (Fsp3) is 0.211. The molecule has 160 valence electrons. The number of hydrogen-bond donors (Lipinski definition) is 1. The van der Waals surface area contributed by atoms with Crippen LogP contribution in [0.25, 0.3) is 0 Å². The van der Waals surface area contributed by atoms with Gasteiger partial charge in [-0.05, 0) is 30.3 Å². The molecule has 2 aliphatic heterocycles. The van der Waals surface area contributed by atoms with Gasteiger partial charge in [0.1, 0.15) is 23.9 Å². The van der Waals surface area contributed by atoms with Crippen molar-refractivity contribution < 1.29 is 27.9 Å². The van der Waals surface area contributed by atoms with E-state index in [9.17, 15) is 23.2 Å². The minimum atomic E-state index is -1.13. The lowest BCUT2D eigenvalue weighted by molar-refractivity contribution is -0.123. The fourth-order valence-electron chi connectivity index (χ4n) is 3.33. The first-order valence-corrected chi connectivity index (χ1v) is 9.31. The fourth-order valence-corrected chi connectivity index (χ4v) is 3.58. The Hall–Kier alpha value is -3.60. The molecular formula is C19H14ClF2N5O4. The molecule has 2 heterocycles. The van der Waals surface area contributed by atoms with Crippen LogP contribution in [0.15, 0.2) is 46.7 Å². The Morgan fingerprint density at radius 1 is 1.19 bits per heavy atom. The smallest absolute Gasteiger partial charge is 0.263 e. The number of anilines is 2. The van der Waals surface area contributed by atoms with Gasteiger partial charge in [-0.25, -0.2) is 13.7 Å². The number of hydrogen-bond acceptors (Lipinski definition) is 7. The topological polar surface area (TPSA) is 104 Å². The normalized spacial score (nSPS) is 19.7. The van der Waals surface area contributed by atoms with Crippen molar-refractivity contribution in [3.05, 3.63) is 53.1 Å². The maximum atomic E-state index is 13.7. The largest absolute Gasteiger partial charge is 0.495 e.